The molecule has 1 saturated heterocycles. The highest BCUT2D eigenvalue weighted by atomic mass is 16.6. The molecule has 30 heavy (non-hydrogen) atoms. The molecule has 0 N–H and O–H groups in total. The van der Waals surface area contributed by atoms with E-state index in [1.165, 1.54) is 31.2 Å². The third-order valence-electron chi connectivity index (χ3n) is 5.98. The van der Waals surface area contributed by atoms with Crippen molar-refractivity contribution in [1.29, 1.82) is 0 Å². The summed E-state index contributed by atoms with van der Waals surface area (Å²) in [5.41, 5.74) is 3.42. The molecule has 1 aliphatic heterocycles. The molecule has 1 fully saturated rings. The molecule has 162 valence electrons. The number of ether oxygens (including phenoxy) is 2. The van der Waals surface area contributed by atoms with Crippen LogP contribution in [0, 0.1) is 5.92 Å². The molecule has 2 aromatic rings. The summed E-state index contributed by atoms with van der Waals surface area (Å²) in [5.74, 6) is 0.967. The Bertz CT molecular complexity index is 764. The Morgan fingerprint density at radius 3 is 2.13 bits per heavy atom. The van der Waals surface area contributed by atoms with Crippen LogP contribution in [-0.4, -0.2) is 12.6 Å². The summed E-state index contributed by atoms with van der Waals surface area (Å²) in [6, 6.07) is 16.7. The van der Waals surface area contributed by atoms with Crippen molar-refractivity contribution in [3.63, 3.8) is 0 Å². The first-order valence-electron chi connectivity index (χ1n) is 11.7. The van der Waals surface area contributed by atoms with Crippen molar-refractivity contribution in [2.75, 3.05) is 6.61 Å². The molecule has 0 spiro atoms. The average molecular weight is 409 g/mol. The number of cyclic esters (lactones) is 1. The number of carbonyl (C=O) groups is 1. The van der Waals surface area contributed by atoms with Crippen LogP contribution in [0.15, 0.2) is 48.5 Å². The van der Waals surface area contributed by atoms with E-state index in [9.17, 15) is 4.79 Å². The number of unbranched alkanes of at least 4 members (excludes halogenated alkanes) is 5. The molecule has 3 nitrogen and oxygen atoms in total. The standard InChI is InChI=1S/C27H36O3/c1-3-5-7-8-9-19-29-25-17-15-22(16-18-25)21-11-13-23(14-12-21)26-20-24(10-6-4-2)27(28)30-26/h11-18,24,26H,3-10,19-20H2,1-2H3. The molecule has 0 saturated carbocycles. The minimum Gasteiger partial charge on any atom is -0.494 e. The van der Waals surface area contributed by atoms with E-state index in [2.05, 4.69) is 50.2 Å². The molecular weight excluding hydrogens is 372 g/mol. The van der Waals surface area contributed by atoms with Gasteiger partial charge in [-0.05, 0) is 41.7 Å². The fourth-order valence-electron chi connectivity index (χ4n) is 4.06. The van der Waals surface area contributed by atoms with Gasteiger partial charge in [0.25, 0.3) is 0 Å². The number of hydrogen-bond acceptors (Lipinski definition) is 3. The normalized spacial score (nSPS) is 18.4. The first-order valence-corrected chi connectivity index (χ1v) is 11.7. The zero-order valence-electron chi connectivity index (χ0n) is 18.6. The smallest absolute Gasteiger partial charge is 0.309 e. The third kappa shape index (κ3) is 6.35. The highest BCUT2D eigenvalue weighted by molar-refractivity contribution is 5.75. The maximum Gasteiger partial charge on any atom is 0.309 e. The van der Waals surface area contributed by atoms with Crippen LogP contribution < -0.4 is 4.74 Å². The second-order valence-corrected chi connectivity index (χ2v) is 8.41. The van der Waals surface area contributed by atoms with E-state index in [4.69, 9.17) is 9.47 Å². The monoisotopic (exact) mass is 408 g/mol. The summed E-state index contributed by atoms with van der Waals surface area (Å²) in [5, 5.41) is 0. The molecule has 0 aliphatic carbocycles. The molecule has 3 heteroatoms. The Balaban J connectivity index is 1.50. The fourth-order valence-corrected chi connectivity index (χ4v) is 4.06. The van der Waals surface area contributed by atoms with Crippen LogP contribution in [0.25, 0.3) is 11.1 Å². The molecule has 0 radical (unpaired) electrons. The zero-order valence-corrected chi connectivity index (χ0v) is 18.6. The minimum absolute atomic E-state index is 0.0292. The fraction of sp³-hybridized carbons (Fsp3) is 0.519. The van der Waals surface area contributed by atoms with Crippen molar-refractivity contribution in [2.45, 2.75) is 77.7 Å². The number of carbonyl (C=O) groups excluding carboxylic acids is 1. The lowest BCUT2D eigenvalue weighted by atomic mass is 9.94. The van der Waals surface area contributed by atoms with Crippen LogP contribution in [0.5, 0.6) is 5.75 Å². The Hall–Kier alpha value is -2.29. The van der Waals surface area contributed by atoms with Crippen molar-refractivity contribution in [3.05, 3.63) is 54.1 Å². The molecule has 0 aromatic heterocycles. The van der Waals surface area contributed by atoms with E-state index >= 15 is 0 Å². The van der Waals surface area contributed by atoms with Gasteiger partial charge in [-0.2, -0.15) is 0 Å². The maximum absolute atomic E-state index is 12.1. The number of hydrogen-bond donors (Lipinski definition) is 0. The molecule has 0 bridgehead atoms. The Morgan fingerprint density at radius 1 is 0.833 bits per heavy atom. The van der Waals surface area contributed by atoms with Gasteiger partial charge >= 0.3 is 5.97 Å². The predicted molar refractivity (Wildman–Crippen MR) is 123 cm³/mol. The van der Waals surface area contributed by atoms with E-state index in [-0.39, 0.29) is 18.0 Å². The van der Waals surface area contributed by atoms with Crippen molar-refractivity contribution < 1.29 is 14.3 Å². The lowest BCUT2D eigenvalue weighted by Gasteiger charge is -2.11. The van der Waals surface area contributed by atoms with Gasteiger partial charge in [0.15, 0.2) is 0 Å². The number of benzene rings is 2. The number of rotatable bonds is 12. The largest absolute Gasteiger partial charge is 0.494 e. The minimum atomic E-state index is -0.0958. The van der Waals surface area contributed by atoms with Gasteiger partial charge in [-0.1, -0.05) is 88.8 Å². The van der Waals surface area contributed by atoms with Crippen LogP contribution in [0.1, 0.15) is 83.3 Å². The summed E-state index contributed by atoms with van der Waals surface area (Å²) < 4.78 is 11.5. The second-order valence-electron chi connectivity index (χ2n) is 8.41. The Labute approximate surface area is 181 Å². The number of esters is 1. The van der Waals surface area contributed by atoms with E-state index in [1.54, 1.807) is 0 Å². The molecular formula is C27H36O3. The third-order valence-corrected chi connectivity index (χ3v) is 5.98. The van der Waals surface area contributed by atoms with Gasteiger partial charge in [0.1, 0.15) is 11.9 Å². The van der Waals surface area contributed by atoms with Crippen molar-refractivity contribution in [1.82, 2.24) is 0 Å². The van der Waals surface area contributed by atoms with Crippen LogP contribution >= 0.6 is 0 Å². The molecule has 2 atom stereocenters. The molecule has 1 heterocycles. The van der Waals surface area contributed by atoms with Gasteiger partial charge in [0, 0.05) is 6.42 Å². The highest BCUT2D eigenvalue weighted by Gasteiger charge is 2.34. The Morgan fingerprint density at radius 2 is 1.47 bits per heavy atom. The van der Waals surface area contributed by atoms with Gasteiger partial charge in [0.2, 0.25) is 0 Å². The molecule has 1 aliphatic rings. The van der Waals surface area contributed by atoms with Crippen molar-refractivity contribution in [3.8, 4) is 16.9 Å². The molecule has 0 amide bonds. The molecule has 2 unspecified atom stereocenters. The summed E-state index contributed by atoms with van der Waals surface area (Å²) in [4.78, 5) is 12.1. The lowest BCUT2D eigenvalue weighted by molar-refractivity contribution is -0.144. The topological polar surface area (TPSA) is 35.5 Å². The van der Waals surface area contributed by atoms with Crippen LogP contribution in [0.4, 0.5) is 0 Å². The summed E-state index contributed by atoms with van der Waals surface area (Å²) in [7, 11) is 0. The summed E-state index contributed by atoms with van der Waals surface area (Å²) >= 11 is 0. The maximum atomic E-state index is 12.1. The average Bonchev–Trinajstić information content (AvgIpc) is 3.15. The highest BCUT2D eigenvalue weighted by Crippen LogP contribution is 2.36. The van der Waals surface area contributed by atoms with E-state index in [1.807, 2.05) is 12.1 Å². The molecule has 2 aromatic carbocycles. The zero-order chi connectivity index (χ0) is 21.2. The predicted octanol–water partition coefficient (Wildman–Crippen LogP) is 7.50. The van der Waals surface area contributed by atoms with Gasteiger partial charge < -0.3 is 9.47 Å². The van der Waals surface area contributed by atoms with Gasteiger partial charge in [0.05, 0.1) is 12.5 Å². The quantitative estimate of drug-likeness (QED) is 0.269. The van der Waals surface area contributed by atoms with Crippen LogP contribution in [-0.2, 0) is 9.53 Å². The second kappa shape index (κ2) is 11.8. The van der Waals surface area contributed by atoms with E-state index in [0.29, 0.717) is 0 Å². The van der Waals surface area contributed by atoms with Gasteiger partial charge in [-0.25, -0.2) is 0 Å². The summed E-state index contributed by atoms with van der Waals surface area (Å²) in [6.45, 7) is 5.18. The van der Waals surface area contributed by atoms with Crippen LogP contribution in [0.3, 0.4) is 0 Å². The van der Waals surface area contributed by atoms with E-state index < -0.39 is 0 Å². The van der Waals surface area contributed by atoms with E-state index in [0.717, 1.165) is 55.6 Å². The molecule has 3 rings (SSSR count). The van der Waals surface area contributed by atoms with Crippen molar-refractivity contribution >= 4 is 5.97 Å². The first kappa shape index (κ1) is 22.4. The first-order chi connectivity index (χ1) is 14.7. The van der Waals surface area contributed by atoms with Gasteiger partial charge in [-0.15, -0.1) is 0 Å². The van der Waals surface area contributed by atoms with Crippen LogP contribution in [0.2, 0.25) is 0 Å². The van der Waals surface area contributed by atoms with Crippen molar-refractivity contribution in [2.24, 2.45) is 5.92 Å². The Kier molecular flexibility index (Phi) is 8.80. The SMILES string of the molecule is CCCCCCCOc1ccc(-c2ccc(C3CC(CCCC)C(=O)O3)cc2)cc1. The van der Waals surface area contributed by atoms with Gasteiger partial charge in [-0.3, -0.25) is 4.79 Å². The lowest BCUT2D eigenvalue weighted by Crippen LogP contribution is -2.06. The summed E-state index contributed by atoms with van der Waals surface area (Å²) in [6.07, 6.45) is 10.1.